The molecule has 0 radical (unpaired) electrons. The predicted octanol–water partition coefficient (Wildman–Crippen LogP) is 2.66. The van der Waals surface area contributed by atoms with Crippen LogP contribution in [0.3, 0.4) is 0 Å². The van der Waals surface area contributed by atoms with Crippen LogP contribution >= 0.6 is 0 Å². The highest BCUT2D eigenvalue weighted by atomic mass is 16.2. The summed E-state index contributed by atoms with van der Waals surface area (Å²) in [5, 5.41) is 11.2. The van der Waals surface area contributed by atoms with Crippen LogP contribution in [-0.2, 0) is 0 Å². The van der Waals surface area contributed by atoms with Gasteiger partial charge < -0.3 is 21.3 Å². The second kappa shape index (κ2) is 6.99. The summed E-state index contributed by atoms with van der Waals surface area (Å²) in [6.45, 7) is 0. The maximum Gasteiger partial charge on any atom is 0.318 e. The highest BCUT2D eigenvalue weighted by Crippen LogP contribution is 2.23. The third-order valence-corrected chi connectivity index (χ3v) is 3.58. The number of carbonyl (C=O) groups excluding carboxylic acids is 2. The SMILES string of the molecule is CNC(=O)Nc1ccc(NC(=O)c2ccc(NC3CC3)nc2)cc1. The van der Waals surface area contributed by atoms with Gasteiger partial charge in [-0.25, -0.2) is 9.78 Å². The zero-order valence-corrected chi connectivity index (χ0v) is 13.3. The summed E-state index contributed by atoms with van der Waals surface area (Å²) in [6.07, 6.45) is 3.91. The van der Waals surface area contributed by atoms with Crippen molar-refractivity contribution in [2.75, 3.05) is 23.0 Å². The summed E-state index contributed by atoms with van der Waals surface area (Å²) >= 11 is 0. The molecule has 1 aromatic carbocycles. The first-order valence-electron chi connectivity index (χ1n) is 7.77. The fraction of sp³-hybridized carbons (Fsp3) is 0.235. The predicted molar refractivity (Wildman–Crippen MR) is 93.4 cm³/mol. The normalized spacial score (nSPS) is 13.0. The van der Waals surface area contributed by atoms with Gasteiger partial charge in [0.15, 0.2) is 0 Å². The van der Waals surface area contributed by atoms with Crippen molar-refractivity contribution < 1.29 is 9.59 Å². The molecule has 0 spiro atoms. The zero-order valence-electron chi connectivity index (χ0n) is 13.3. The van der Waals surface area contributed by atoms with Gasteiger partial charge in [-0.05, 0) is 49.2 Å². The Kier molecular flexibility index (Phi) is 4.60. The molecule has 1 saturated carbocycles. The van der Waals surface area contributed by atoms with E-state index in [1.165, 1.54) is 12.8 Å². The average molecular weight is 325 g/mol. The second-order valence-electron chi connectivity index (χ2n) is 5.59. The van der Waals surface area contributed by atoms with Crippen molar-refractivity contribution in [2.45, 2.75) is 18.9 Å². The minimum atomic E-state index is -0.294. The number of pyridine rings is 1. The summed E-state index contributed by atoms with van der Waals surface area (Å²) in [6, 6.07) is 10.7. The van der Waals surface area contributed by atoms with Crippen molar-refractivity contribution in [1.82, 2.24) is 10.3 Å². The molecular weight excluding hydrogens is 306 g/mol. The van der Waals surface area contributed by atoms with Crippen LogP contribution in [0.4, 0.5) is 22.0 Å². The van der Waals surface area contributed by atoms with E-state index < -0.39 is 0 Å². The Hall–Kier alpha value is -3.09. The Morgan fingerprint density at radius 1 is 1.00 bits per heavy atom. The van der Waals surface area contributed by atoms with Gasteiger partial charge in [-0.15, -0.1) is 0 Å². The highest BCUT2D eigenvalue weighted by Gasteiger charge is 2.21. The molecule has 3 rings (SSSR count). The summed E-state index contributed by atoms with van der Waals surface area (Å²) in [4.78, 5) is 27.7. The standard InChI is InChI=1S/C17H19N5O2/c1-18-17(24)22-14-7-5-13(6-8-14)21-16(23)11-2-9-15(19-10-11)20-12-3-4-12/h2,5-10,12H,3-4H2,1H3,(H,19,20)(H,21,23)(H2,18,22,24). The van der Waals surface area contributed by atoms with Crippen LogP contribution in [0.2, 0.25) is 0 Å². The van der Waals surface area contributed by atoms with Gasteiger partial charge in [0.05, 0.1) is 5.56 Å². The van der Waals surface area contributed by atoms with Gasteiger partial charge in [-0.3, -0.25) is 4.79 Å². The summed E-state index contributed by atoms with van der Waals surface area (Å²) in [7, 11) is 1.55. The highest BCUT2D eigenvalue weighted by molar-refractivity contribution is 6.04. The topological polar surface area (TPSA) is 95.2 Å². The van der Waals surface area contributed by atoms with Gasteiger partial charge in [0.25, 0.3) is 5.91 Å². The molecule has 3 amide bonds. The van der Waals surface area contributed by atoms with E-state index in [4.69, 9.17) is 0 Å². The molecular formula is C17H19N5O2. The number of aromatic nitrogens is 1. The molecule has 4 N–H and O–H groups in total. The van der Waals surface area contributed by atoms with Gasteiger partial charge in [-0.1, -0.05) is 0 Å². The molecule has 0 bridgehead atoms. The van der Waals surface area contributed by atoms with Gasteiger partial charge in [-0.2, -0.15) is 0 Å². The van der Waals surface area contributed by atoms with Crippen molar-refractivity contribution in [1.29, 1.82) is 0 Å². The Morgan fingerprint density at radius 3 is 2.21 bits per heavy atom. The number of nitrogens with one attached hydrogen (secondary N) is 4. The van der Waals surface area contributed by atoms with E-state index in [1.807, 2.05) is 6.07 Å². The lowest BCUT2D eigenvalue weighted by molar-refractivity contribution is 0.102. The quantitative estimate of drug-likeness (QED) is 0.679. The van der Waals surface area contributed by atoms with E-state index in [9.17, 15) is 9.59 Å². The molecule has 7 nitrogen and oxygen atoms in total. The van der Waals surface area contributed by atoms with E-state index in [0.717, 1.165) is 5.82 Å². The van der Waals surface area contributed by atoms with Crippen LogP contribution < -0.4 is 21.3 Å². The fourth-order valence-electron chi connectivity index (χ4n) is 2.08. The number of nitrogens with zero attached hydrogens (tertiary/aromatic N) is 1. The van der Waals surface area contributed by atoms with E-state index in [0.29, 0.717) is 23.0 Å². The number of amides is 3. The molecule has 1 aliphatic carbocycles. The molecule has 1 fully saturated rings. The molecule has 0 saturated heterocycles. The monoisotopic (exact) mass is 325 g/mol. The van der Waals surface area contributed by atoms with Crippen LogP contribution in [0, 0.1) is 0 Å². The molecule has 0 atom stereocenters. The number of urea groups is 1. The van der Waals surface area contributed by atoms with E-state index >= 15 is 0 Å². The summed E-state index contributed by atoms with van der Waals surface area (Å²) in [5.41, 5.74) is 1.77. The first kappa shape index (κ1) is 15.8. The van der Waals surface area contributed by atoms with Gasteiger partial charge in [0, 0.05) is 30.7 Å². The Morgan fingerprint density at radius 2 is 1.67 bits per heavy atom. The summed E-state index contributed by atoms with van der Waals surface area (Å²) < 4.78 is 0. The number of benzene rings is 1. The molecule has 7 heteroatoms. The Balaban J connectivity index is 1.58. The van der Waals surface area contributed by atoms with E-state index in [1.54, 1.807) is 43.6 Å². The minimum Gasteiger partial charge on any atom is -0.367 e. The summed E-state index contributed by atoms with van der Waals surface area (Å²) in [5.74, 6) is 0.561. The smallest absolute Gasteiger partial charge is 0.318 e. The first-order valence-corrected chi connectivity index (χ1v) is 7.77. The molecule has 2 aromatic rings. The lowest BCUT2D eigenvalue weighted by Gasteiger charge is -2.08. The number of carbonyl (C=O) groups is 2. The zero-order chi connectivity index (χ0) is 16.9. The lowest BCUT2D eigenvalue weighted by atomic mass is 10.2. The molecule has 1 aliphatic rings. The fourth-order valence-corrected chi connectivity index (χ4v) is 2.08. The average Bonchev–Trinajstić information content (AvgIpc) is 3.41. The molecule has 1 heterocycles. The third-order valence-electron chi connectivity index (χ3n) is 3.58. The Bertz CT molecular complexity index is 724. The van der Waals surface area contributed by atoms with Crippen LogP contribution in [0.25, 0.3) is 0 Å². The number of hydrogen-bond acceptors (Lipinski definition) is 4. The van der Waals surface area contributed by atoms with Crippen LogP contribution in [0.1, 0.15) is 23.2 Å². The van der Waals surface area contributed by atoms with Crippen LogP contribution in [0.15, 0.2) is 42.6 Å². The van der Waals surface area contributed by atoms with Crippen LogP contribution in [0.5, 0.6) is 0 Å². The first-order chi connectivity index (χ1) is 11.6. The molecule has 124 valence electrons. The third kappa shape index (κ3) is 4.22. The number of anilines is 3. The van der Waals surface area contributed by atoms with E-state index in [-0.39, 0.29) is 11.9 Å². The number of hydrogen-bond donors (Lipinski definition) is 4. The van der Waals surface area contributed by atoms with Crippen molar-refractivity contribution >= 4 is 29.1 Å². The van der Waals surface area contributed by atoms with Crippen molar-refractivity contribution in [3.8, 4) is 0 Å². The Labute approximate surface area is 139 Å². The maximum atomic E-state index is 12.2. The van der Waals surface area contributed by atoms with Gasteiger partial charge in [0.2, 0.25) is 0 Å². The molecule has 0 unspecified atom stereocenters. The number of rotatable bonds is 5. The second-order valence-corrected chi connectivity index (χ2v) is 5.59. The molecule has 1 aromatic heterocycles. The molecule has 24 heavy (non-hydrogen) atoms. The van der Waals surface area contributed by atoms with Gasteiger partial charge >= 0.3 is 6.03 Å². The van der Waals surface area contributed by atoms with Crippen molar-refractivity contribution in [3.05, 3.63) is 48.2 Å². The van der Waals surface area contributed by atoms with Crippen molar-refractivity contribution in [2.24, 2.45) is 0 Å². The maximum absolute atomic E-state index is 12.2. The van der Waals surface area contributed by atoms with Crippen LogP contribution in [-0.4, -0.2) is 30.0 Å². The van der Waals surface area contributed by atoms with Crippen molar-refractivity contribution in [3.63, 3.8) is 0 Å². The van der Waals surface area contributed by atoms with E-state index in [2.05, 4.69) is 26.3 Å². The lowest BCUT2D eigenvalue weighted by Crippen LogP contribution is -2.24. The minimum absolute atomic E-state index is 0.229. The molecule has 0 aliphatic heterocycles. The largest absolute Gasteiger partial charge is 0.367 e. The van der Waals surface area contributed by atoms with Gasteiger partial charge in [0.1, 0.15) is 5.82 Å².